The van der Waals surface area contributed by atoms with Gasteiger partial charge in [0.1, 0.15) is 5.01 Å². The van der Waals surface area contributed by atoms with Crippen LogP contribution in [0.15, 0.2) is 48.5 Å². The summed E-state index contributed by atoms with van der Waals surface area (Å²) in [6.45, 7) is 5.92. The SMILES string of the molecule is Cc1ccc(-c2nc(C)c(C(C)NC(=O)Cc3ccccc3NS(C)(=O)=O)s2)cc1. The Labute approximate surface area is 181 Å². The van der Waals surface area contributed by atoms with E-state index in [-0.39, 0.29) is 18.4 Å². The van der Waals surface area contributed by atoms with Crippen molar-refractivity contribution in [1.82, 2.24) is 10.3 Å². The second-order valence-electron chi connectivity index (χ2n) is 7.33. The number of amides is 1. The molecule has 3 aromatic rings. The van der Waals surface area contributed by atoms with E-state index in [1.165, 1.54) is 5.56 Å². The van der Waals surface area contributed by atoms with Crippen LogP contribution in [0.3, 0.4) is 0 Å². The van der Waals surface area contributed by atoms with Crippen LogP contribution in [0.2, 0.25) is 0 Å². The summed E-state index contributed by atoms with van der Waals surface area (Å²) in [7, 11) is -3.42. The lowest BCUT2D eigenvalue weighted by Crippen LogP contribution is -2.28. The number of rotatable bonds is 7. The summed E-state index contributed by atoms with van der Waals surface area (Å²) < 4.78 is 25.6. The summed E-state index contributed by atoms with van der Waals surface area (Å²) >= 11 is 1.57. The van der Waals surface area contributed by atoms with Crippen LogP contribution < -0.4 is 10.0 Å². The molecule has 158 valence electrons. The van der Waals surface area contributed by atoms with Gasteiger partial charge in [-0.1, -0.05) is 48.0 Å². The van der Waals surface area contributed by atoms with E-state index in [1.807, 2.05) is 32.9 Å². The molecule has 2 aromatic carbocycles. The fraction of sp³-hybridized carbons (Fsp3) is 0.273. The highest BCUT2D eigenvalue weighted by molar-refractivity contribution is 7.92. The number of aryl methyl sites for hydroxylation is 2. The summed E-state index contributed by atoms with van der Waals surface area (Å²) in [6, 6.07) is 14.9. The van der Waals surface area contributed by atoms with Crippen molar-refractivity contribution in [3.8, 4) is 10.6 Å². The quantitative estimate of drug-likeness (QED) is 0.572. The molecule has 0 saturated heterocycles. The van der Waals surface area contributed by atoms with Crippen LogP contribution in [-0.4, -0.2) is 25.6 Å². The Hall–Kier alpha value is -2.71. The Morgan fingerprint density at radius 3 is 2.43 bits per heavy atom. The largest absolute Gasteiger partial charge is 0.348 e. The molecule has 0 saturated carbocycles. The Morgan fingerprint density at radius 1 is 1.10 bits per heavy atom. The first-order valence-electron chi connectivity index (χ1n) is 9.52. The van der Waals surface area contributed by atoms with Gasteiger partial charge in [-0.3, -0.25) is 9.52 Å². The highest BCUT2D eigenvalue weighted by Crippen LogP contribution is 2.32. The van der Waals surface area contributed by atoms with Crippen molar-refractivity contribution < 1.29 is 13.2 Å². The first-order valence-corrected chi connectivity index (χ1v) is 12.2. The molecule has 0 spiro atoms. The number of thiazole rings is 1. The number of aromatic nitrogens is 1. The zero-order valence-electron chi connectivity index (χ0n) is 17.4. The molecule has 0 aliphatic rings. The molecule has 1 unspecified atom stereocenters. The van der Waals surface area contributed by atoms with Gasteiger partial charge in [0.25, 0.3) is 0 Å². The lowest BCUT2D eigenvalue weighted by molar-refractivity contribution is -0.121. The Bertz CT molecular complexity index is 1150. The molecule has 3 rings (SSSR count). The van der Waals surface area contributed by atoms with Gasteiger partial charge in [0.15, 0.2) is 0 Å². The van der Waals surface area contributed by atoms with Gasteiger partial charge in [-0.25, -0.2) is 13.4 Å². The van der Waals surface area contributed by atoms with Gasteiger partial charge in [0.05, 0.1) is 35.0 Å². The van der Waals surface area contributed by atoms with Crippen LogP contribution in [0.25, 0.3) is 10.6 Å². The molecule has 2 N–H and O–H groups in total. The van der Waals surface area contributed by atoms with Gasteiger partial charge in [0, 0.05) is 5.56 Å². The normalized spacial score (nSPS) is 12.4. The van der Waals surface area contributed by atoms with Gasteiger partial charge in [0.2, 0.25) is 15.9 Å². The molecule has 0 fully saturated rings. The lowest BCUT2D eigenvalue weighted by Gasteiger charge is -2.15. The molecule has 1 heterocycles. The lowest BCUT2D eigenvalue weighted by atomic mass is 10.1. The molecule has 8 heteroatoms. The van der Waals surface area contributed by atoms with Gasteiger partial charge in [-0.05, 0) is 32.4 Å². The Balaban J connectivity index is 1.72. The summed E-state index contributed by atoms with van der Waals surface area (Å²) in [6.07, 6.45) is 1.16. The molecule has 6 nitrogen and oxygen atoms in total. The predicted octanol–water partition coefficient (Wildman–Crippen LogP) is 4.22. The minimum Gasteiger partial charge on any atom is -0.348 e. The number of carbonyl (C=O) groups is 1. The van der Waals surface area contributed by atoms with Crippen molar-refractivity contribution in [3.63, 3.8) is 0 Å². The Morgan fingerprint density at radius 2 is 1.77 bits per heavy atom. The number of benzene rings is 2. The molecule has 0 bridgehead atoms. The fourth-order valence-electron chi connectivity index (χ4n) is 3.13. The minimum atomic E-state index is -3.42. The third-order valence-corrected chi connectivity index (χ3v) is 6.55. The number of hydrogen-bond donors (Lipinski definition) is 2. The summed E-state index contributed by atoms with van der Waals surface area (Å²) in [5.74, 6) is -0.185. The second-order valence-corrected chi connectivity index (χ2v) is 10.1. The van der Waals surface area contributed by atoms with Crippen LogP contribution in [-0.2, 0) is 21.2 Å². The Kier molecular flexibility index (Phi) is 6.58. The first-order chi connectivity index (χ1) is 14.1. The monoisotopic (exact) mass is 443 g/mol. The number of hydrogen-bond acceptors (Lipinski definition) is 5. The number of nitrogens with zero attached hydrogens (tertiary/aromatic N) is 1. The number of sulfonamides is 1. The van der Waals surface area contributed by atoms with Crippen molar-refractivity contribution in [2.75, 3.05) is 11.0 Å². The minimum absolute atomic E-state index is 0.0751. The molecule has 0 aliphatic heterocycles. The van der Waals surface area contributed by atoms with E-state index >= 15 is 0 Å². The van der Waals surface area contributed by atoms with E-state index < -0.39 is 10.0 Å². The van der Waals surface area contributed by atoms with E-state index in [4.69, 9.17) is 0 Å². The molecule has 0 aliphatic carbocycles. The van der Waals surface area contributed by atoms with E-state index in [9.17, 15) is 13.2 Å². The summed E-state index contributed by atoms with van der Waals surface area (Å²) in [5.41, 5.74) is 4.17. The van der Waals surface area contributed by atoms with E-state index in [2.05, 4.69) is 27.2 Å². The van der Waals surface area contributed by atoms with Crippen LogP contribution in [0.1, 0.15) is 34.7 Å². The van der Waals surface area contributed by atoms with Crippen LogP contribution in [0, 0.1) is 13.8 Å². The molecular formula is C22H25N3O3S2. The second kappa shape index (κ2) is 8.97. The van der Waals surface area contributed by atoms with Gasteiger partial charge >= 0.3 is 0 Å². The van der Waals surface area contributed by atoms with Crippen LogP contribution in [0.5, 0.6) is 0 Å². The number of anilines is 1. The van der Waals surface area contributed by atoms with Crippen LogP contribution >= 0.6 is 11.3 Å². The average molecular weight is 444 g/mol. The zero-order chi connectivity index (χ0) is 21.9. The smallest absolute Gasteiger partial charge is 0.229 e. The highest BCUT2D eigenvalue weighted by Gasteiger charge is 2.18. The van der Waals surface area contributed by atoms with E-state index in [0.29, 0.717) is 11.3 Å². The fourth-order valence-corrected chi connectivity index (χ4v) is 4.81. The maximum Gasteiger partial charge on any atom is 0.229 e. The highest BCUT2D eigenvalue weighted by atomic mass is 32.2. The number of para-hydroxylation sites is 1. The maximum absolute atomic E-state index is 12.6. The molecule has 30 heavy (non-hydrogen) atoms. The third kappa shape index (κ3) is 5.67. The standard InChI is InChI=1S/C22H25N3O3S2/c1-14-9-11-17(12-10-14)22-24-16(3)21(29-22)15(2)23-20(26)13-18-7-5-6-8-19(18)25-30(4,27)28/h5-12,15,25H,13H2,1-4H3,(H,23,26). The van der Waals surface area contributed by atoms with E-state index in [1.54, 1.807) is 35.6 Å². The predicted molar refractivity (Wildman–Crippen MR) is 122 cm³/mol. The molecule has 1 aromatic heterocycles. The number of carbonyl (C=O) groups excluding carboxylic acids is 1. The first kappa shape index (κ1) is 22.0. The van der Waals surface area contributed by atoms with Crippen molar-refractivity contribution in [3.05, 3.63) is 70.2 Å². The topological polar surface area (TPSA) is 88.2 Å². The van der Waals surface area contributed by atoms with Crippen molar-refractivity contribution in [1.29, 1.82) is 0 Å². The average Bonchev–Trinajstić information content (AvgIpc) is 3.04. The molecular weight excluding hydrogens is 418 g/mol. The van der Waals surface area contributed by atoms with Crippen LogP contribution in [0.4, 0.5) is 5.69 Å². The number of nitrogens with one attached hydrogen (secondary N) is 2. The van der Waals surface area contributed by atoms with Crippen molar-refractivity contribution >= 4 is 33.0 Å². The maximum atomic E-state index is 12.6. The van der Waals surface area contributed by atoms with Crippen molar-refractivity contribution in [2.24, 2.45) is 0 Å². The van der Waals surface area contributed by atoms with E-state index in [0.717, 1.165) is 27.4 Å². The molecule has 1 atom stereocenters. The third-order valence-electron chi connectivity index (χ3n) is 4.57. The summed E-state index contributed by atoms with van der Waals surface area (Å²) in [4.78, 5) is 18.3. The molecule has 0 radical (unpaired) electrons. The zero-order valence-corrected chi connectivity index (χ0v) is 19.0. The van der Waals surface area contributed by atoms with Crippen molar-refractivity contribution in [2.45, 2.75) is 33.2 Å². The van der Waals surface area contributed by atoms with Gasteiger partial charge in [-0.2, -0.15) is 0 Å². The molecule has 1 amide bonds. The summed E-state index contributed by atoms with van der Waals surface area (Å²) in [5, 5.41) is 3.93. The van der Waals surface area contributed by atoms with Gasteiger partial charge in [-0.15, -0.1) is 11.3 Å². The van der Waals surface area contributed by atoms with Gasteiger partial charge < -0.3 is 5.32 Å².